The zero-order valence-corrected chi connectivity index (χ0v) is 19.2. The third kappa shape index (κ3) is 4.34. The molecule has 6 nitrogen and oxygen atoms in total. The number of hydrogen-bond acceptors (Lipinski definition) is 4. The maximum atomic E-state index is 13.5. The van der Waals surface area contributed by atoms with Crippen molar-refractivity contribution in [1.82, 2.24) is 4.90 Å². The summed E-state index contributed by atoms with van der Waals surface area (Å²) in [6.07, 6.45) is -0.944. The average Bonchev–Trinajstić information content (AvgIpc) is 2.79. The van der Waals surface area contributed by atoms with Crippen LogP contribution in [0.1, 0.15) is 16.7 Å². The summed E-state index contributed by atoms with van der Waals surface area (Å²) in [7, 11) is -2.17. The highest BCUT2D eigenvalue weighted by Gasteiger charge is 2.38. The van der Waals surface area contributed by atoms with Crippen LogP contribution in [0.25, 0.3) is 0 Å². The van der Waals surface area contributed by atoms with Gasteiger partial charge < -0.3 is 9.64 Å². The number of nitrogens with zero attached hydrogens (tertiary/aromatic N) is 2. The van der Waals surface area contributed by atoms with Crippen LogP contribution in [0, 0.1) is 13.8 Å². The quantitative estimate of drug-likeness (QED) is 0.591. The summed E-state index contributed by atoms with van der Waals surface area (Å²) in [4.78, 5) is 15.0. The van der Waals surface area contributed by atoms with Gasteiger partial charge in [0.1, 0.15) is 5.75 Å². The molecule has 32 heavy (non-hydrogen) atoms. The molecule has 4 rings (SSSR count). The minimum absolute atomic E-state index is 0.0930. The van der Waals surface area contributed by atoms with Gasteiger partial charge in [0.15, 0.2) is 6.10 Å². The number of fused-ring (bicyclic) bond motifs is 1. The van der Waals surface area contributed by atoms with E-state index in [-0.39, 0.29) is 17.3 Å². The molecule has 0 saturated heterocycles. The van der Waals surface area contributed by atoms with E-state index in [9.17, 15) is 13.2 Å². The number of sulfonamides is 1. The first-order chi connectivity index (χ1) is 15.3. The van der Waals surface area contributed by atoms with Crippen LogP contribution in [0.5, 0.6) is 5.75 Å². The van der Waals surface area contributed by atoms with Crippen LogP contribution in [0.2, 0.25) is 0 Å². The zero-order valence-electron chi connectivity index (χ0n) is 18.4. The second-order valence-electron chi connectivity index (χ2n) is 8.10. The number of rotatable bonds is 5. The number of carbonyl (C=O) groups is 1. The van der Waals surface area contributed by atoms with Gasteiger partial charge in [0.2, 0.25) is 0 Å². The predicted octanol–water partition coefficient (Wildman–Crippen LogP) is 3.92. The van der Waals surface area contributed by atoms with Crippen molar-refractivity contribution in [3.63, 3.8) is 0 Å². The number of para-hydroxylation sites is 2. The Balaban J connectivity index is 1.62. The van der Waals surface area contributed by atoms with Crippen LogP contribution in [-0.4, -0.2) is 38.9 Å². The lowest BCUT2D eigenvalue weighted by Gasteiger charge is -2.36. The molecule has 0 fully saturated rings. The molecule has 0 N–H and O–H groups in total. The number of benzene rings is 3. The van der Waals surface area contributed by atoms with Crippen molar-refractivity contribution in [1.29, 1.82) is 0 Å². The van der Waals surface area contributed by atoms with E-state index in [1.54, 1.807) is 60.5 Å². The fourth-order valence-electron chi connectivity index (χ4n) is 3.69. The molecule has 0 spiro atoms. The molecule has 1 unspecified atom stereocenters. The minimum Gasteiger partial charge on any atom is -0.476 e. The molecule has 1 atom stereocenters. The van der Waals surface area contributed by atoms with Crippen molar-refractivity contribution in [3.8, 4) is 5.75 Å². The monoisotopic (exact) mass is 450 g/mol. The Bertz CT molecular complexity index is 1220. The number of amides is 1. The van der Waals surface area contributed by atoms with Crippen molar-refractivity contribution in [2.45, 2.75) is 31.4 Å². The summed E-state index contributed by atoms with van der Waals surface area (Å²) >= 11 is 0. The Kier molecular flexibility index (Phi) is 5.93. The van der Waals surface area contributed by atoms with Gasteiger partial charge in [-0.15, -0.1) is 0 Å². The molecule has 0 bridgehead atoms. The molecule has 0 saturated carbocycles. The number of hydrogen-bond donors (Lipinski definition) is 0. The van der Waals surface area contributed by atoms with Gasteiger partial charge in [-0.05, 0) is 43.7 Å². The average molecular weight is 451 g/mol. The van der Waals surface area contributed by atoms with E-state index < -0.39 is 16.1 Å². The molecule has 166 valence electrons. The zero-order chi connectivity index (χ0) is 22.9. The first kappa shape index (κ1) is 21.9. The van der Waals surface area contributed by atoms with Crippen LogP contribution in [0.3, 0.4) is 0 Å². The second kappa shape index (κ2) is 8.67. The van der Waals surface area contributed by atoms with Crippen molar-refractivity contribution in [2.75, 3.05) is 17.9 Å². The molecule has 3 aromatic rings. The van der Waals surface area contributed by atoms with Gasteiger partial charge in [-0.1, -0.05) is 59.7 Å². The predicted molar refractivity (Wildman–Crippen MR) is 124 cm³/mol. The third-order valence-electron chi connectivity index (χ3n) is 5.54. The summed E-state index contributed by atoms with van der Waals surface area (Å²) in [5.74, 6) is 0.0979. The normalized spacial score (nSPS) is 15.6. The molecular formula is C25H26N2O4S. The lowest BCUT2D eigenvalue weighted by Crippen LogP contribution is -2.50. The van der Waals surface area contributed by atoms with Crippen molar-refractivity contribution >= 4 is 21.6 Å². The van der Waals surface area contributed by atoms with Gasteiger partial charge in [-0.2, -0.15) is 0 Å². The van der Waals surface area contributed by atoms with Crippen molar-refractivity contribution < 1.29 is 17.9 Å². The van der Waals surface area contributed by atoms with E-state index in [1.165, 1.54) is 4.31 Å². The van der Waals surface area contributed by atoms with E-state index in [0.29, 0.717) is 18.0 Å². The van der Waals surface area contributed by atoms with Crippen LogP contribution in [0.15, 0.2) is 77.7 Å². The van der Waals surface area contributed by atoms with Crippen LogP contribution in [0.4, 0.5) is 5.69 Å². The van der Waals surface area contributed by atoms with E-state index >= 15 is 0 Å². The Hall–Kier alpha value is -3.32. The van der Waals surface area contributed by atoms with Gasteiger partial charge in [0.25, 0.3) is 15.9 Å². The van der Waals surface area contributed by atoms with E-state index in [2.05, 4.69) is 0 Å². The fraction of sp³-hybridized carbons (Fsp3) is 0.240. The summed E-state index contributed by atoms with van der Waals surface area (Å²) in [5.41, 5.74) is 3.54. The number of aryl methyl sites for hydroxylation is 2. The number of anilines is 1. The van der Waals surface area contributed by atoms with Crippen LogP contribution >= 0.6 is 0 Å². The Morgan fingerprint density at radius 1 is 0.969 bits per heavy atom. The van der Waals surface area contributed by atoms with Crippen molar-refractivity contribution in [3.05, 3.63) is 89.5 Å². The Morgan fingerprint density at radius 2 is 1.56 bits per heavy atom. The highest BCUT2D eigenvalue weighted by Crippen LogP contribution is 2.37. The highest BCUT2D eigenvalue weighted by atomic mass is 32.2. The third-order valence-corrected chi connectivity index (χ3v) is 7.33. The van der Waals surface area contributed by atoms with E-state index in [1.807, 2.05) is 38.1 Å². The summed E-state index contributed by atoms with van der Waals surface area (Å²) in [5, 5.41) is 0. The number of ether oxygens (including phenoxy) is 1. The van der Waals surface area contributed by atoms with Crippen LogP contribution < -0.4 is 9.04 Å². The fourth-order valence-corrected chi connectivity index (χ4v) is 5.16. The molecule has 1 aliphatic rings. The molecule has 1 amide bonds. The lowest BCUT2D eigenvalue weighted by molar-refractivity contribution is -0.137. The SMILES string of the molecule is Cc1ccc(CN(C)C(=O)C2CN(S(=O)(=O)c3ccc(C)cc3)c3ccccc3O2)cc1. The maximum Gasteiger partial charge on any atom is 0.265 e. The van der Waals surface area contributed by atoms with Gasteiger partial charge in [-0.3, -0.25) is 9.10 Å². The number of likely N-dealkylation sites (N-methyl/N-ethyl adjacent to an activating group) is 1. The van der Waals surface area contributed by atoms with Gasteiger partial charge in [-0.25, -0.2) is 8.42 Å². The second-order valence-corrected chi connectivity index (χ2v) is 9.97. The minimum atomic E-state index is -3.87. The molecule has 7 heteroatoms. The van der Waals surface area contributed by atoms with Crippen molar-refractivity contribution in [2.24, 2.45) is 0 Å². The highest BCUT2D eigenvalue weighted by molar-refractivity contribution is 7.92. The molecule has 0 aliphatic carbocycles. The Morgan fingerprint density at radius 3 is 2.22 bits per heavy atom. The van der Waals surface area contributed by atoms with Gasteiger partial charge >= 0.3 is 0 Å². The first-order valence-electron chi connectivity index (χ1n) is 10.4. The van der Waals surface area contributed by atoms with Gasteiger partial charge in [0.05, 0.1) is 17.1 Å². The topological polar surface area (TPSA) is 66.9 Å². The number of carbonyl (C=O) groups excluding carboxylic acids is 1. The lowest BCUT2D eigenvalue weighted by atomic mass is 10.1. The van der Waals surface area contributed by atoms with E-state index in [0.717, 1.165) is 16.7 Å². The summed E-state index contributed by atoms with van der Waals surface area (Å²) in [6.45, 7) is 4.23. The standard InChI is InChI=1S/C25H26N2O4S/c1-18-8-12-20(13-9-18)16-26(3)25(28)24-17-27(22-6-4-5-7-23(22)31-24)32(29,30)21-14-10-19(2)11-15-21/h4-15,24H,16-17H2,1-3H3. The van der Waals surface area contributed by atoms with E-state index in [4.69, 9.17) is 4.74 Å². The molecule has 3 aromatic carbocycles. The largest absolute Gasteiger partial charge is 0.476 e. The van der Waals surface area contributed by atoms with Gasteiger partial charge in [0, 0.05) is 13.6 Å². The molecule has 1 heterocycles. The molecule has 0 radical (unpaired) electrons. The summed E-state index contributed by atoms with van der Waals surface area (Å²) < 4.78 is 34.2. The molecule has 1 aliphatic heterocycles. The maximum absolute atomic E-state index is 13.5. The Labute approximate surface area is 189 Å². The smallest absolute Gasteiger partial charge is 0.265 e. The summed E-state index contributed by atoms with van der Waals surface area (Å²) in [6, 6.07) is 21.5. The first-order valence-corrected chi connectivity index (χ1v) is 11.9. The molecule has 0 aromatic heterocycles. The molecular weight excluding hydrogens is 424 g/mol. The van der Waals surface area contributed by atoms with Crippen LogP contribution in [-0.2, 0) is 21.4 Å².